The highest BCUT2D eigenvalue weighted by Crippen LogP contribution is 2.32. The third-order valence-corrected chi connectivity index (χ3v) is 5.33. The van der Waals surface area contributed by atoms with E-state index in [4.69, 9.17) is 0 Å². The van der Waals surface area contributed by atoms with Gasteiger partial charge in [0, 0.05) is 24.4 Å². The monoisotopic (exact) mass is 256 g/mol. The van der Waals surface area contributed by atoms with Crippen molar-refractivity contribution in [2.24, 2.45) is 5.92 Å². The Morgan fingerprint density at radius 3 is 2.71 bits per heavy atom. The van der Waals surface area contributed by atoms with Gasteiger partial charge in [0.15, 0.2) is 0 Å². The second-order valence-corrected chi connectivity index (χ2v) is 7.08. The lowest BCUT2D eigenvalue weighted by Gasteiger charge is -2.29. The minimum atomic E-state index is -2.76. The smallest absolute Gasteiger partial charge is 0.150 e. The van der Waals surface area contributed by atoms with Crippen LogP contribution in [0.4, 0.5) is 0 Å². The predicted octanol–water partition coefficient (Wildman–Crippen LogP) is 1.14. The van der Waals surface area contributed by atoms with Gasteiger partial charge < -0.3 is 10.3 Å². The van der Waals surface area contributed by atoms with E-state index in [1.165, 1.54) is 5.69 Å². The molecule has 0 aliphatic carbocycles. The summed E-state index contributed by atoms with van der Waals surface area (Å²) in [6.45, 7) is 0.894. The van der Waals surface area contributed by atoms with Crippen LogP contribution in [-0.2, 0) is 9.84 Å². The third-order valence-electron chi connectivity index (χ3n) is 3.61. The van der Waals surface area contributed by atoms with Crippen molar-refractivity contribution in [1.29, 1.82) is 0 Å². The lowest BCUT2D eigenvalue weighted by atomic mass is 9.85. The van der Waals surface area contributed by atoms with Crippen LogP contribution in [0.5, 0.6) is 0 Å². The molecule has 0 spiro atoms. The number of hydrogen-bond acceptors (Lipinski definition) is 3. The van der Waals surface area contributed by atoms with E-state index in [1.54, 1.807) is 0 Å². The van der Waals surface area contributed by atoms with E-state index in [0.29, 0.717) is 23.3 Å². The maximum Gasteiger partial charge on any atom is 0.150 e. The SMILES string of the molecule is CNCC(c1ccc[nH]1)C1CCS(=O)(=O)CC1. The Hall–Kier alpha value is -0.810. The summed E-state index contributed by atoms with van der Waals surface area (Å²) in [5.74, 6) is 1.55. The molecule has 4 nitrogen and oxygen atoms in total. The predicted molar refractivity (Wildman–Crippen MR) is 68.8 cm³/mol. The van der Waals surface area contributed by atoms with Crippen molar-refractivity contribution < 1.29 is 8.42 Å². The molecular formula is C12H20N2O2S. The van der Waals surface area contributed by atoms with Crippen LogP contribution < -0.4 is 5.32 Å². The summed E-state index contributed by atoms with van der Waals surface area (Å²) in [4.78, 5) is 3.25. The summed E-state index contributed by atoms with van der Waals surface area (Å²) in [5, 5.41) is 3.20. The summed E-state index contributed by atoms with van der Waals surface area (Å²) in [6, 6.07) is 4.09. The van der Waals surface area contributed by atoms with Crippen LogP contribution >= 0.6 is 0 Å². The number of rotatable bonds is 4. The number of likely N-dealkylation sites (N-methyl/N-ethyl adjacent to an activating group) is 1. The first kappa shape index (κ1) is 12.6. The zero-order chi connectivity index (χ0) is 12.3. The van der Waals surface area contributed by atoms with Crippen LogP contribution in [0.3, 0.4) is 0 Å². The number of aromatic nitrogens is 1. The maximum absolute atomic E-state index is 11.4. The summed E-state index contributed by atoms with van der Waals surface area (Å²) < 4.78 is 22.9. The number of hydrogen-bond donors (Lipinski definition) is 2. The third kappa shape index (κ3) is 3.10. The lowest BCUT2D eigenvalue weighted by molar-refractivity contribution is 0.371. The molecule has 0 bridgehead atoms. The fraction of sp³-hybridized carbons (Fsp3) is 0.667. The number of sulfone groups is 1. The van der Waals surface area contributed by atoms with Crippen molar-refractivity contribution in [2.75, 3.05) is 25.1 Å². The molecule has 2 heterocycles. The van der Waals surface area contributed by atoms with E-state index in [2.05, 4.69) is 16.4 Å². The molecule has 96 valence electrons. The minimum absolute atomic E-state index is 0.346. The second kappa shape index (κ2) is 5.23. The van der Waals surface area contributed by atoms with Crippen molar-refractivity contribution in [2.45, 2.75) is 18.8 Å². The molecule has 0 amide bonds. The van der Waals surface area contributed by atoms with Crippen LogP contribution in [0.15, 0.2) is 18.3 Å². The van der Waals surface area contributed by atoms with Crippen molar-refractivity contribution in [1.82, 2.24) is 10.3 Å². The Kier molecular flexibility index (Phi) is 3.89. The number of nitrogens with one attached hydrogen (secondary N) is 2. The van der Waals surface area contributed by atoms with Gasteiger partial charge in [0.1, 0.15) is 9.84 Å². The van der Waals surface area contributed by atoms with Gasteiger partial charge in [0.05, 0.1) is 11.5 Å². The molecule has 0 radical (unpaired) electrons. The molecule has 2 N–H and O–H groups in total. The largest absolute Gasteiger partial charge is 0.365 e. The van der Waals surface area contributed by atoms with Crippen LogP contribution in [-0.4, -0.2) is 38.5 Å². The number of aromatic amines is 1. The summed E-state index contributed by atoms with van der Waals surface area (Å²) in [7, 11) is -0.824. The molecule has 1 atom stereocenters. The van der Waals surface area contributed by atoms with Gasteiger partial charge in [0.2, 0.25) is 0 Å². The molecule has 1 aliphatic heterocycles. The van der Waals surface area contributed by atoms with Gasteiger partial charge in [-0.2, -0.15) is 0 Å². The van der Waals surface area contributed by atoms with Crippen molar-refractivity contribution in [3.8, 4) is 0 Å². The highest BCUT2D eigenvalue weighted by atomic mass is 32.2. The van der Waals surface area contributed by atoms with Gasteiger partial charge in [-0.15, -0.1) is 0 Å². The zero-order valence-corrected chi connectivity index (χ0v) is 11.0. The summed E-state index contributed by atoms with van der Waals surface area (Å²) in [5.41, 5.74) is 1.21. The summed E-state index contributed by atoms with van der Waals surface area (Å²) in [6.07, 6.45) is 3.50. The molecule has 0 saturated carbocycles. The fourth-order valence-electron chi connectivity index (χ4n) is 2.64. The topological polar surface area (TPSA) is 62.0 Å². The Morgan fingerprint density at radius 2 is 2.18 bits per heavy atom. The quantitative estimate of drug-likeness (QED) is 0.849. The molecule has 1 aromatic heterocycles. The normalized spacial score (nSPS) is 22.4. The van der Waals surface area contributed by atoms with Gasteiger partial charge in [-0.1, -0.05) is 0 Å². The van der Waals surface area contributed by atoms with E-state index >= 15 is 0 Å². The molecule has 1 fully saturated rings. The average Bonchev–Trinajstić information content (AvgIpc) is 2.80. The van der Waals surface area contributed by atoms with Crippen molar-refractivity contribution >= 4 is 9.84 Å². The minimum Gasteiger partial charge on any atom is -0.365 e. The highest BCUT2D eigenvalue weighted by Gasteiger charge is 2.30. The first-order valence-corrected chi connectivity index (χ1v) is 7.93. The van der Waals surface area contributed by atoms with Gasteiger partial charge >= 0.3 is 0 Å². The first-order chi connectivity index (χ1) is 8.12. The van der Waals surface area contributed by atoms with Gasteiger partial charge in [-0.25, -0.2) is 8.42 Å². The molecular weight excluding hydrogens is 236 g/mol. The van der Waals surface area contributed by atoms with E-state index in [-0.39, 0.29) is 0 Å². The molecule has 2 rings (SSSR count). The summed E-state index contributed by atoms with van der Waals surface area (Å²) >= 11 is 0. The van der Waals surface area contributed by atoms with Crippen LogP contribution in [0.1, 0.15) is 24.5 Å². The highest BCUT2D eigenvalue weighted by molar-refractivity contribution is 7.91. The molecule has 1 unspecified atom stereocenters. The lowest BCUT2D eigenvalue weighted by Crippen LogP contribution is -2.31. The van der Waals surface area contributed by atoms with Crippen LogP contribution in [0.25, 0.3) is 0 Å². The first-order valence-electron chi connectivity index (χ1n) is 6.11. The Morgan fingerprint density at radius 1 is 1.47 bits per heavy atom. The van der Waals surface area contributed by atoms with E-state index in [0.717, 1.165) is 19.4 Å². The standard InChI is InChI=1S/C12H20N2O2S/c1-13-9-11(12-3-2-6-14-12)10-4-7-17(15,16)8-5-10/h2-3,6,10-11,13-14H,4-5,7-9H2,1H3. The maximum atomic E-state index is 11.4. The average molecular weight is 256 g/mol. The van der Waals surface area contributed by atoms with Crippen molar-refractivity contribution in [3.63, 3.8) is 0 Å². The van der Waals surface area contributed by atoms with E-state index in [9.17, 15) is 8.42 Å². The van der Waals surface area contributed by atoms with Crippen molar-refractivity contribution in [3.05, 3.63) is 24.0 Å². The molecule has 1 saturated heterocycles. The Bertz CT molecular complexity index is 425. The zero-order valence-electron chi connectivity index (χ0n) is 10.1. The fourth-order valence-corrected chi connectivity index (χ4v) is 4.16. The van der Waals surface area contributed by atoms with Gasteiger partial charge in [0.25, 0.3) is 0 Å². The second-order valence-electron chi connectivity index (χ2n) is 4.78. The Labute approximate surface area is 103 Å². The van der Waals surface area contributed by atoms with Gasteiger partial charge in [-0.3, -0.25) is 0 Å². The Balaban J connectivity index is 2.08. The van der Waals surface area contributed by atoms with Gasteiger partial charge in [-0.05, 0) is 37.9 Å². The molecule has 17 heavy (non-hydrogen) atoms. The molecule has 0 aromatic carbocycles. The van der Waals surface area contributed by atoms with Crippen LogP contribution in [0, 0.1) is 5.92 Å². The number of H-pyrrole nitrogens is 1. The van der Waals surface area contributed by atoms with Crippen LogP contribution in [0.2, 0.25) is 0 Å². The van der Waals surface area contributed by atoms with E-state index < -0.39 is 9.84 Å². The molecule has 1 aliphatic rings. The molecule has 1 aromatic rings. The van der Waals surface area contributed by atoms with E-state index in [1.807, 2.05) is 19.3 Å². The molecule has 5 heteroatoms.